The summed E-state index contributed by atoms with van der Waals surface area (Å²) < 4.78 is 22.9. The van der Waals surface area contributed by atoms with E-state index in [-0.39, 0.29) is 17.1 Å². The van der Waals surface area contributed by atoms with Gasteiger partial charge in [-0.15, -0.1) is 0 Å². The SMILES string of the molecule is COc1ccc(C(N)=O)c(OC)c1F. The molecule has 0 aliphatic heterocycles. The van der Waals surface area contributed by atoms with Crippen molar-refractivity contribution >= 4 is 5.91 Å². The van der Waals surface area contributed by atoms with Gasteiger partial charge in [0.05, 0.1) is 19.8 Å². The predicted octanol–water partition coefficient (Wildman–Crippen LogP) is 0.942. The summed E-state index contributed by atoms with van der Waals surface area (Å²) in [5.74, 6) is -1.67. The molecule has 76 valence electrons. The van der Waals surface area contributed by atoms with Gasteiger partial charge in [0.15, 0.2) is 11.5 Å². The monoisotopic (exact) mass is 199 g/mol. The summed E-state index contributed by atoms with van der Waals surface area (Å²) in [6, 6.07) is 2.67. The minimum Gasteiger partial charge on any atom is -0.494 e. The number of primary amides is 1. The fourth-order valence-electron chi connectivity index (χ4n) is 1.09. The first kappa shape index (κ1) is 10.3. The molecule has 0 spiro atoms. The molecule has 5 heteroatoms. The first-order valence-corrected chi connectivity index (χ1v) is 3.82. The molecule has 0 unspecified atom stereocenters. The molecular weight excluding hydrogens is 189 g/mol. The normalized spacial score (nSPS) is 9.64. The van der Waals surface area contributed by atoms with Gasteiger partial charge in [-0.3, -0.25) is 4.79 Å². The molecule has 0 heterocycles. The molecule has 14 heavy (non-hydrogen) atoms. The summed E-state index contributed by atoms with van der Waals surface area (Å²) in [5.41, 5.74) is 5.02. The Labute approximate surface area is 80.4 Å². The lowest BCUT2D eigenvalue weighted by Crippen LogP contribution is -2.13. The summed E-state index contributed by atoms with van der Waals surface area (Å²) in [6.07, 6.45) is 0. The fraction of sp³-hybridized carbons (Fsp3) is 0.222. The van der Waals surface area contributed by atoms with Crippen LogP contribution < -0.4 is 15.2 Å². The number of hydrogen-bond acceptors (Lipinski definition) is 3. The Morgan fingerprint density at radius 1 is 1.36 bits per heavy atom. The molecule has 0 saturated heterocycles. The smallest absolute Gasteiger partial charge is 0.252 e. The van der Waals surface area contributed by atoms with E-state index in [1.54, 1.807) is 0 Å². The number of benzene rings is 1. The maximum Gasteiger partial charge on any atom is 0.252 e. The zero-order valence-electron chi connectivity index (χ0n) is 7.83. The highest BCUT2D eigenvalue weighted by atomic mass is 19.1. The number of nitrogens with two attached hydrogens (primary N) is 1. The van der Waals surface area contributed by atoms with Gasteiger partial charge in [0, 0.05) is 0 Å². The van der Waals surface area contributed by atoms with Crippen molar-refractivity contribution in [2.45, 2.75) is 0 Å². The Kier molecular flexibility index (Phi) is 2.91. The molecule has 1 aromatic carbocycles. The second-order valence-corrected chi connectivity index (χ2v) is 2.53. The zero-order chi connectivity index (χ0) is 10.7. The first-order valence-electron chi connectivity index (χ1n) is 3.82. The number of carbonyl (C=O) groups excluding carboxylic acids is 1. The van der Waals surface area contributed by atoms with Gasteiger partial charge in [-0.25, -0.2) is 0 Å². The molecule has 0 bridgehead atoms. The van der Waals surface area contributed by atoms with Crippen LogP contribution >= 0.6 is 0 Å². The molecule has 4 nitrogen and oxygen atoms in total. The van der Waals surface area contributed by atoms with Gasteiger partial charge in [0.25, 0.3) is 5.91 Å². The van der Waals surface area contributed by atoms with Crippen LogP contribution in [0.2, 0.25) is 0 Å². The van der Waals surface area contributed by atoms with E-state index in [2.05, 4.69) is 0 Å². The van der Waals surface area contributed by atoms with Gasteiger partial charge in [0.1, 0.15) is 0 Å². The van der Waals surface area contributed by atoms with Crippen molar-refractivity contribution in [3.05, 3.63) is 23.5 Å². The predicted molar refractivity (Wildman–Crippen MR) is 48.0 cm³/mol. The third-order valence-electron chi connectivity index (χ3n) is 1.75. The Hall–Kier alpha value is -1.78. The van der Waals surface area contributed by atoms with Crippen molar-refractivity contribution in [2.24, 2.45) is 5.73 Å². The van der Waals surface area contributed by atoms with Crippen molar-refractivity contribution < 1.29 is 18.7 Å². The van der Waals surface area contributed by atoms with Crippen LogP contribution in [0.5, 0.6) is 11.5 Å². The number of rotatable bonds is 3. The van der Waals surface area contributed by atoms with Crippen LogP contribution in [0, 0.1) is 5.82 Å². The van der Waals surface area contributed by atoms with Crippen LogP contribution in [0.25, 0.3) is 0 Å². The van der Waals surface area contributed by atoms with Crippen molar-refractivity contribution in [3.63, 3.8) is 0 Å². The quantitative estimate of drug-likeness (QED) is 0.788. The molecule has 1 aromatic rings. The number of methoxy groups -OCH3 is 2. The second kappa shape index (κ2) is 3.95. The summed E-state index contributed by atoms with van der Waals surface area (Å²) in [7, 11) is 2.58. The largest absolute Gasteiger partial charge is 0.494 e. The molecule has 1 rings (SSSR count). The van der Waals surface area contributed by atoms with E-state index in [1.165, 1.54) is 26.4 Å². The van der Waals surface area contributed by atoms with Crippen LogP contribution in [-0.4, -0.2) is 20.1 Å². The van der Waals surface area contributed by atoms with Crippen molar-refractivity contribution in [3.8, 4) is 11.5 Å². The number of hydrogen-bond donors (Lipinski definition) is 1. The van der Waals surface area contributed by atoms with Crippen molar-refractivity contribution in [1.29, 1.82) is 0 Å². The minimum absolute atomic E-state index is 0.00634. The van der Waals surface area contributed by atoms with E-state index in [9.17, 15) is 9.18 Å². The molecule has 0 aromatic heterocycles. The maximum absolute atomic E-state index is 13.4. The lowest BCUT2D eigenvalue weighted by molar-refractivity contribution is 0.0996. The van der Waals surface area contributed by atoms with E-state index in [0.29, 0.717) is 0 Å². The molecule has 0 aliphatic carbocycles. The average Bonchev–Trinajstić information content (AvgIpc) is 2.17. The highest BCUT2D eigenvalue weighted by Gasteiger charge is 2.17. The first-order chi connectivity index (χ1) is 6.61. The molecular formula is C9H10FNO3. The van der Waals surface area contributed by atoms with Gasteiger partial charge in [-0.05, 0) is 12.1 Å². The molecule has 0 aliphatic rings. The fourth-order valence-corrected chi connectivity index (χ4v) is 1.09. The third-order valence-corrected chi connectivity index (χ3v) is 1.75. The van der Waals surface area contributed by atoms with Gasteiger partial charge >= 0.3 is 0 Å². The number of carbonyl (C=O) groups is 1. The zero-order valence-corrected chi connectivity index (χ0v) is 7.83. The van der Waals surface area contributed by atoms with Gasteiger partial charge in [-0.1, -0.05) is 0 Å². The van der Waals surface area contributed by atoms with Crippen molar-refractivity contribution in [1.82, 2.24) is 0 Å². The Morgan fingerprint density at radius 3 is 2.43 bits per heavy atom. The highest BCUT2D eigenvalue weighted by molar-refractivity contribution is 5.95. The Bertz CT molecular complexity index is 365. The lowest BCUT2D eigenvalue weighted by Gasteiger charge is -2.09. The topological polar surface area (TPSA) is 61.5 Å². The standard InChI is InChI=1S/C9H10FNO3/c1-13-6-4-3-5(9(11)12)8(14-2)7(6)10/h3-4H,1-2H3,(H2,11,12). The van der Waals surface area contributed by atoms with Crippen LogP contribution in [0.3, 0.4) is 0 Å². The summed E-state index contributed by atoms with van der Waals surface area (Å²) in [5, 5.41) is 0. The molecule has 2 N–H and O–H groups in total. The molecule has 0 radical (unpaired) electrons. The molecule has 1 amide bonds. The number of ether oxygens (including phenoxy) is 2. The van der Waals surface area contributed by atoms with Crippen LogP contribution in [0.15, 0.2) is 12.1 Å². The van der Waals surface area contributed by atoms with E-state index in [1.807, 2.05) is 0 Å². The number of halogens is 1. The van der Waals surface area contributed by atoms with Crippen LogP contribution in [0.1, 0.15) is 10.4 Å². The lowest BCUT2D eigenvalue weighted by atomic mass is 10.1. The Balaban J connectivity index is 3.35. The van der Waals surface area contributed by atoms with Crippen LogP contribution in [0.4, 0.5) is 4.39 Å². The van der Waals surface area contributed by atoms with Gasteiger partial charge < -0.3 is 15.2 Å². The summed E-state index contributed by atoms with van der Waals surface area (Å²) in [6.45, 7) is 0. The Morgan fingerprint density at radius 2 is 2.00 bits per heavy atom. The third kappa shape index (κ3) is 1.61. The van der Waals surface area contributed by atoms with Crippen LogP contribution in [-0.2, 0) is 0 Å². The summed E-state index contributed by atoms with van der Waals surface area (Å²) >= 11 is 0. The van der Waals surface area contributed by atoms with E-state index < -0.39 is 11.7 Å². The van der Waals surface area contributed by atoms with Crippen molar-refractivity contribution in [2.75, 3.05) is 14.2 Å². The molecule has 0 atom stereocenters. The summed E-state index contributed by atoms with van der Waals surface area (Å²) in [4.78, 5) is 10.9. The maximum atomic E-state index is 13.4. The van der Waals surface area contributed by atoms with Gasteiger partial charge in [0.2, 0.25) is 5.82 Å². The van der Waals surface area contributed by atoms with E-state index in [4.69, 9.17) is 15.2 Å². The minimum atomic E-state index is -0.747. The van der Waals surface area contributed by atoms with E-state index in [0.717, 1.165) is 0 Å². The number of amides is 1. The highest BCUT2D eigenvalue weighted by Crippen LogP contribution is 2.29. The van der Waals surface area contributed by atoms with E-state index >= 15 is 0 Å². The van der Waals surface area contributed by atoms with Gasteiger partial charge in [-0.2, -0.15) is 4.39 Å². The average molecular weight is 199 g/mol. The molecule has 0 saturated carbocycles. The second-order valence-electron chi connectivity index (χ2n) is 2.53. The molecule has 0 fully saturated rings.